The highest BCUT2D eigenvalue weighted by Gasteiger charge is 2.54. The third-order valence-electron chi connectivity index (χ3n) is 3.84. The molecule has 2 aromatic carbocycles. The lowest BCUT2D eigenvalue weighted by molar-refractivity contribution is -0.384. The summed E-state index contributed by atoms with van der Waals surface area (Å²) in [6.07, 6.45) is 0. The maximum absolute atomic E-state index is 12.2. The molecule has 0 spiro atoms. The van der Waals surface area contributed by atoms with Crippen molar-refractivity contribution in [1.82, 2.24) is 0 Å². The Kier molecular flexibility index (Phi) is 3.97. The number of ether oxygens (including phenoxy) is 1. The topological polar surface area (TPSA) is 72.5 Å². The van der Waals surface area contributed by atoms with Crippen molar-refractivity contribution in [2.75, 3.05) is 11.5 Å². The molecule has 0 N–H and O–H groups in total. The van der Waals surface area contributed by atoms with Gasteiger partial charge >= 0.3 is 5.97 Å². The van der Waals surface area contributed by atoms with E-state index in [1.54, 1.807) is 19.1 Å². The third-order valence-corrected chi connectivity index (χ3v) is 3.84. The summed E-state index contributed by atoms with van der Waals surface area (Å²) in [5.41, 5.74) is 1.82. The van der Waals surface area contributed by atoms with Gasteiger partial charge in [-0.05, 0) is 24.6 Å². The summed E-state index contributed by atoms with van der Waals surface area (Å²) in [5, 5.41) is 10.8. The number of hydrogen-bond acceptors (Lipinski definition) is 5. The summed E-state index contributed by atoms with van der Waals surface area (Å²) < 4.78 is 5.14. The monoisotopic (exact) mass is 312 g/mol. The molecule has 23 heavy (non-hydrogen) atoms. The zero-order valence-electron chi connectivity index (χ0n) is 12.6. The van der Waals surface area contributed by atoms with Gasteiger partial charge in [0.1, 0.15) is 0 Å². The molecule has 1 aliphatic heterocycles. The lowest BCUT2D eigenvalue weighted by atomic mass is 10.1. The van der Waals surface area contributed by atoms with Gasteiger partial charge in [-0.1, -0.05) is 30.3 Å². The smallest absolute Gasteiger partial charge is 0.331 e. The minimum Gasteiger partial charge on any atom is -0.464 e. The van der Waals surface area contributed by atoms with Crippen LogP contribution in [0.15, 0.2) is 54.6 Å². The Morgan fingerprint density at radius 2 is 1.83 bits per heavy atom. The Morgan fingerprint density at radius 3 is 2.39 bits per heavy atom. The fraction of sp³-hybridized carbons (Fsp3) is 0.235. The fourth-order valence-corrected chi connectivity index (χ4v) is 2.76. The molecule has 1 aliphatic rings. The first-order valence-corrected chi connectivity index (χ1v) is 7.38. The summed E-state index contributed by atoms with van der Waals surface area (Å²) in [4.78, 5) is 24.5. The molecule has 0 amide bonds. The van der Waals surface area contributed by atoms with Gasteiger partial charge in [-0.2, -0.15) is 0 Å². The molecule has 0 bridgehead atoms. The second-order valence-electron chi connectivity index (χ2n) is 5.23. The minimum absolute atomic E-state index is 0.0355. The van der Waals surface area contributed by atoms with Crippen molar-refractivity contribution >= 4 is 17.3 Å². The molecule has 1 heterocycles. The van der Waals surface area contributed by atoms with Crippen LogP contribution in [-0.2, 0) is 9.53 Å². The van der Waals surface area contributed by atoms with E-state index < -0.39 is 4.92 Å². The Balaban J connectivity index is 1.89. The molecule has 0 saturated carbocycles. The largest absolute Gasteiger partial charge is 0.464 e. The van der Waals surface area contributed by atoms with Crippen molar-refractivity contribution in [2.24, 2.45) is 0 Å². The third kappa shape index (κ3) is 2.88. The van der Waals surface area contributed by atoms with E-state index in [1.165, 1.54) is 12.1 Å². The van der Waals surface area contributed by atoms with Crippen molar-refractivity contribution in [1.29, 1.82) is 0 Å². The number of esters is 1. The Hall–Kier alpha value is -2.89. The number of rotatable bonds is 5. The molecule has 2 aromatic rings. The Labute approximate surface area is 133 Å². The first kappa shape index (κ1) is 15.0. The fourth-order valence-electron chi connectivity index (χ4n) is 2.76. The molecular weight excluding hydrogens is 296 g/mol. The van der Waals surface area contributed by atoms with E-state index in [-0.39, 0.29) is 23.7 Å². The summed E-state index contributed by atoms with van der Waals surface area (Å²) in [5.74, 6) is -0.278. The molecule has 2 atom stereocenters. The second-order valence-corrected chi connectivity index (χ2v) is 5.23. The highest BCUT2D eigenvalue weighted by molar-refractivity contribution is 5.88. The molecule has 0 aromatic heterocycles. The Morgan fingerprint density at radius 1 is 1.17 bits per heavy atom. The quantitative estimate of drug-likeness (QED) is 0.367. The average Bonchev–Trinajstić information content (AvgIpc) is 3.31. The van der Waals surface area contributed by atoms with Crippen LogP contribution in [0.3, 0.4) is 0 Å². The van der Waals surface area contributed by atoms with E-state index in [9.17, 15) is 14.9 Å². The first-order chi connectivity index (χ1) is 11.1. The van der Waals surface area contributed by atoms with E-state index in [0.29, 0.717) is 6.61 Å². The van der Waals surface area contributed by atoms with Crippen molar-refractivity contribution in [2.45, 2.75) is 19.0 Å². The number of non-ortho nitro benzene ring substituents is 1. The van der Waals surface area contributed by atoms with Crippen molar-refractivity contribution in [3.05, 3.63) is 70.3 Å². The van der Waals surface area contributed by atoms with Gasteiger partial charge in [0.05, 0.1) is 17.6 Å². The summed E-state index contributed by atoms with van der Waals surface area (Å²) in [6, 6.07) is 15.3. The molecule has 1 saturated heterocycles. The number of carbonyl (C=O) groups is 1. The van der Waals surface area contributed by atoms with E-state index in [4.69, 9.17) is 4.74 Å². The molecular formula is C17H16N2O4. The van der Waals surface area contributed by atoms with E-state index >= 15 is 0 Å². The van der Waals surface area contributed by atoms with Gasteiger partial charge in [-0.15, -0.1) is 0 Å². The number of carbonyl (C=O) groups excluding carboxylic acids is 1. The van der Waals surface area contributed by atoms with Gasteiger partial charge in [-0.3, -0.25) is 10.1 Å². The van der Waals surface area contributed by atoms with Gasteiger partial charge in [0.15, 0.2) is 6.04 Å². The average molecular weight is 312 g/mol. The predicted octanol–water partition coefficient (Wildman–Crippen LogP) is 3.09. The highest BCUT2D eigenvalue weighted by Crippen LogP contribution is 2.47. The highest BCUT2D eigenvalue weighted by atomic mass is 16.6. The van der Waals surface area contributed by atoms with Gasteiger partial charge in [0.2, 0.25) is 0 Å². The van der Waals surface area contributed by atoms with Gasteiger partial charge in [0.25, 0.3) is 5.69 Å². The van der Waals surface area contributed by atoms with E-state index in [0.717, 1.165) is 11.3 Å². The lowest BCUT2D eigenvalue weighted by Crippen LogP contribution is -2.15. The zero-order chi connectivity index (χ0) is 16.4. The minimum atomic E-state index is -0.436. The maximum atomic E-state index is 12.2. The van der Waals surface area contributed by atoms with Crippen LogP contribution in [0.25, 0.3) is 0 Å². The Bertz CT molecular complexity index is 715. The second kappa shape index (κ2) is 6.08. The van der Waals surface area contributed by atoms with Crippen LogP contribution in [0, 0.1) is 10.1 Å². The molecule has 2 unspecified atom stereocenters. The molecule has 6 nitrogen and oxygen atoms in total. The summed E-state index contributed by atoms with van der Waals surface area (Å²) >= 11 is 0. The van der Waals surface area contributed by atoms with Gasteiger partial charge in [0, 0.05) is 17.8 Å². The van der Waals surface area contributed by atoms with Crippen LogP contribution in [0.5, 0.6) is 0 Å². The number of nitro benzene ring substituents is 1. The van der Waals surface area contributed by atoms with Crippen LogP contribution in [0.4, 0.5) is 11.4 Å². The van der Waals surface area contributed by atoms with Crippen molar-refractivity contribution in [3.63, 3.8) is 0 Å². The maximum Gasteiger partial charge on any atom is 0.331 e. The normalized spacial score (nSPS) is 19.3. The number of para-hydroxylation sites is 1. The first-order valence-electron chi connectivity index (χ1n) is 7.38. The number of hydrogen-bond donors (Lipinski definition) is 0. The number of nitrogens with zero attached hydrogens (tertiary/aromatic N) is 2. The molecule has 3 rings (SSSR count). The summed E-state index contributed by atoms with van der Waals surface area (Å²) in [7, 11) is 0. The standard InChI is InChI=1S/C17H16N2O4/c1-2-23-17(20)16-15(18(16)13-6-4-3-5-7-13)12-8-10-14(11-9-12)19(21)22/h3-11,15-16H,2H2,1H3. The van der Waals surface area contributed by atoms with Crippen LogP contribution in [-0.4, -0.2) is 23.5 Å². The molecule has 0 radical (unpaired) electrons. The molecule has 118 valence electrons. The predicted molar refractivity (Wildman–Crippen MR) is 85.2 cm³/mol. The van der Waals surface area contributed by atoms with Gasteiger partial charge in [-0.25, -0.2) is 4.79 Å². The van der Waals surface area contributed by atoms with Crippen LogP contribution < -0.4 is 4.90 Å². The molecule has 0 aliphatic carbocycles. The number of anilines is 1. The number of nitro groups is 1. The van der Waals surface area contributed by atoms with Crippen molar-refractivity contribution in [3.8, 4) is 0 Å². The van der Waals surface area contributed by atoms with Gasteiger partial charge < -0.3 is 9.64 Å². The van der Waals surface area contributed by atoms with Crippen molar-refractivity contribution < 1.29 is 14.5 Å². The lowest BCUT2D eigenvalue weighted by Gasteiger charge is -2.05. The summed E-state index contributed by atoms with van der Waals surface area (Å²) in [6.45, 7) is 2.10. The zero-order valence-corrected chi connectivity index (χ0v) is 12.6. The molecule has 1 fully saturated rings. The number of benzene rings is 2. The molecule has 6 heteroatoms. The van der Waals surface area contributed by atoms with Crippen LogP contribution in [0.1, 0.15) is 18.5 Å². The van der Waals surface area contributed by atoms with Crippen LogP contribution >= 0.6 is 0 Å². The van der Waals surface area contributed by atoms with E-state index in [1.807, 2.05) is 35.2 Å². The van der Waals surface area contributed by atoms with Crippen LogP contribution in [0.2, 0.25) is 0 Å². The van der Waals surface area contributed by atoms with E-state index in [2.05, 4.69) is 0 Å². The SMILES string of the molecule is CCOC(=O)C1C(c2ccc([N+](=O)[O-])cc2)N1c1ccccc1.